The van der Waals surface area contributed by atoms with Gasteiger partial charge in [-0.15, -0.1) is 0 Å². The van der Waals surface area contributed by atoms with Crippen LogP contribution in [0.15, 0.2) is 24.3 Å². The lowest BCUT2D eigenvalue weighted by Crippen LogP contribution is -3.09. The summed E-state index contributed by atoms with van der Waals surface area (Å²) in [4.78, 5) is 13.1. The first-order chi connectivity index (χ1) is 10.1. The van der Waals surface area contributed by atoms with Crippen LogP contribution in [0.5, 0.6) is 0 Å². The maximum Gasteiger partial charge on any atom is 0.275 e. The van der Waals surface area contributed by atoms with Crippen molar-refractivity contribution in [1.82, 2.24) is 5.32 Å². The molecule has 3 nitrogen and oxygen atoms in total. The Morgan fingerprint density at radius 1 is 1.33 bits per heavy atom. The summed E-state index contributed by atoms with van der Waals surface area (Å²) in [7, 11) is 1.93. The topological polar surface area (TPSA) is 33.5 Å². The average Bonchev–Trinajstić information content (AvgIpc) is 2.44. The van der Waals surface area contributed by atoms with Gasteiger partial charge in [-0.2, -0.15) is 0 Å². The first-order valence-corrected chi connectivity index (χ1v) is 7.90. The third-order valence-electron chi connectivity index (χ3n) is 4.37. The van der Waals surface area contributed by atoms with Gasteiger partial charge in [-0.3, -0.25) is 4.79 Å². The van der Waals surface area contributed by atoms with E-state index in [9.17, 15) is 9.18 Å². The van der Waals surface area contributed by atoms with Crippen LogP contribution in [-0.4, -0.2) is 25.5 Å². The molecule has 116 valence electrons. The van der Waals surface area contributed by atoms with E-state index >= 15 is 0 Å². The van der Waals surface area contributed by atoms with E-state index in [1.807, 2.05) is 13.1 Å². The van der Waals surface area contributed by atoms with E-state index in [1.165, 1.54) is 25.3 Å². The molecular formula is C17H26FN2O+. The zero-order valence-electron chi connectivity index (χ0n) is 13.0. The molecule has 1 unspecified atom stereocenters. The number of hydrogen-bond donors (Lipinski definition) is 2. The van der Waals surface area contributed by atoms with Crippen LogP contribution < -0.4 is 10.2 Å². The normalized spacial score (nSPS) is 23.6. The van der Waals surface area contributed by atoms with Crippen molar-refractivity contribution in [2.45, 2.75) is 45.2 Å². The Kier molecular flexibility index (Phi) is 5.74. The lowest BCUT2D eigenvalue weighted by Gasteiger charge is -2.29. The number of amides is 1. The van der Waals surface area contributed by atoms with Crippen molar-refractivity contribution in [2.75, 3.05) is 13.6 Å². The number of benzene rings is 1. The third kappa shape index (κ3) is 4.81. The van der Waals surface area contributed by atoms with Gasteiger partial charge < -0.3 is 10.2 Å². The molecule has 3 atom stereocenters. The molecule has 1 aromatic rings. The van der Waals surface area contributed by atoms with Gasteiger partial charge in [-0.05, 0) is 24.8 Å². The van der Waals surface area contributed by atoms with E-state index in [0.29, 0.717) is 30.6 Å². The molecule has 0 aliphatic heterocycles. The minimum absolute atomic E-state index is 0.0718. The molecule has 0 aromatic heterocycles. The number of quaternary nitrogens is 1. The van der Waals surface area contributed by atoms with Crippen LogP contribution in [0.1, 0.15) is 38.2 Å². The zero-order valence-corrected chi connectivity index (χ0v) is 13.0. The summed E-state index contributed by atoms with van der Waals surface area (Å²) in [5.74, 6) is 0.440. The third-order valence-corrected chi connectivity index (χ3v) is 4.37. The van der Waals surface area contributed by atoms with Crippen LogP contribution in [-0.2, 0) is 11.3 Å². The SMILES string of the molecule is C[C@H]1CCCC[C@@H]1NC(=O)C[NH+](C)Cc1ccccc1F. The van der Waals surface area contributed by atoms with Crippen molar-refractivity contribution in [3.05, 3.63) is 35.6 Å². The van der Waals surface area contributed by atoms with Gasteiger partial charge in [0.05, 0.1) is 7.05 Å². The minimum Gasteiger partial charge on any atom is -0.348 e. The summed E-state index contributed by atoms with van der Waals surface area (Å²) >= 11 is 0. The molecule has 1 aliphatic carbocycles. The van der Waals surface area contributed by atoms with Gasteiger partial charge in [0.1, 0.15) is 12.4 Å². The van der Waals surface area contributed by atoms with Gasteiger partial charge in [-0.1, -0.05) is 38.0 Å². The van der Waals surface area contributed by atoms with E-state index in [1.54, 1.807) is 12.1 Å². The van der Waals surface area contributed by atoms with E-state index < -0.39 is 0 Å². The molecule has 0 saturated heterocycles. The number of carbonyl (C=O) groups is 1. The molecule has 21 heavy (non-hydrogen) atoms. The predicted molar refractivity (Wildman–Crippen MR) is 81.4 cm³/mol. The highest BCUT2D eigenvalue weighted by Crippen LogP contribution is 2.23. The van der Waals surface area contributed by atoms with Crippen LogP contribution in [0, 0.1) is 11.7 Å². The summed E-state index contributed by atoms with van der Waals surface area (Å²) in [6.07, 6.45) is 4.75. The molecule has 0 radical (unpaired) electrons. The van der Waals surface area contributed by atoms with Crippen molar-refractivity contribution in [3.63, 3.8) is 0 Å². The number of carbonyl (C=O) groups excluding carboxylic acids is 1. The van der Waals surface area contributed by atoms with Crippen LogP contribution in [0.25, 0.3) is 0 Å². The van der Waals surface area contributed by atoms with Crippen molar-refractivity contribution in [1.29, 1.82) is 0 Å². The van der Waals surface area contributed by atoms with Gasteiger partial charge in [0.15, 0.2) is 6.54 Å². The maximum absolute atomic E-state index is 13.6. The minimum atomic E-state index is -0.196. The van der Waals surface area contributed by atoms with E-state index in [2.05, 4.69) is 12.2 Å². The molecule has 0 spiro atoms. The highest BCUT2D eigenvalue weighted by molar-refractivity contribution is 5.77. The largest absolute Gasteiger partial charge is 0.348 e. The highest BCUT2D eigenvalue weighted by Gasteiger charge is 2.23. The molecule has 4 heteroatoms. The number of halogens is 1. The van der Waals surface area contributed by atoms with Crippen LogP contribution in [0.3, 0.4) is 0 Å². The molecule has 1 fully saturated rings. The molecule has 1 amide bonds. The molecule has 2 N–H and O–H groups in total. The van der Waals surface area contributed by atoms with Crippen molar-refractivity contribution in [3.8, 4) is 0 Å². The Balaban J connectivity index is 1.80. The van der Waals surface area contributed by atoms with Crippen molar-refractivity contribution < 1.29 is 14.1 Å². The summed E-state index contributed by atoms with van der Waals surface area (Å²) in [5, 5.41) is 3.15. The second-order valence-electron chi connectivity index (χ2n) is 6.34. The Morgan fingerprint density at radius 3 is 2.76 bits per heavy atom. The van der Waals surface area contributed by atoms with Gasteiger partial charge in [0.2, 0.25) is 0 Å². The van der Waals surface area contributed by atoms with E-state index in [-0.39, 0.29) is 11.7 Å². The van der Waals surface area contributed by atoms with E-state index in [0.717, 1.165) is 11.3 Å². The second kappa shape index (κ2) is 7.55. The molecule has 1 aromatic carbocycles. The Bertz CT molecular complexity index is 478. The van der Waals surface area contributed by atoms with Gasteiger partial charge in [0.25, 0.3) is 5.91 Å². The predicted octanol–water partition coefficient (Wildman–Crippen LogP) is 1.54. The Hall–Kier alpha value is -1.42. The molecule has 1 saturated carbocycles. The number of nitrogens with one attached hydrogen (secondary N) is 2. The summed E-state index contributed by atoms with van der Waals surface area (Å²) in [6, 6.07) is 7.07. The fraction of sp³-hybridized carbons (Fsp3) is 0.588. The molecular weight excluding hydrogens is 267 g/mol. The smallest absolute Gasteiger partial charge is 0.275 e. The van der Waals surface area contributed by atoms with Gasteiger partial charge >= 0.3 is 0 Å². The van der Waals surface area contributed by atoms with Crippen LogP contribution in [0.4, 0.5) is 4.39 Å². The van der Waals surface area contributed by atoms with Crippen LogP contribution >= 0.6 is 0 Å². The first-order valence-electron chi connectivity index (χ1n) is 7.90. The fourth-order valence-electron chi connectivity index (χ4n) is 3.09. The highest BCUT2D eigenvalue weighted by atomic mass is 19.1. The molecule has 0 heterocycles. The Labute approximate surface area is 126 Å². The number of rotatable bonds is 5. The molecule has 2 rings (SSSR count). The van der Waals surface area contributed by atoms with Crippen molar-refractivity contribution >= 4 is 5.91 Å². The summed E-state index contributed by atoms with van der Waals surface area (Å²) < 4.78 is 13.6. The molecule has 1 aliphatic rings. The Morgan fingerprint density at radius 2 is 2.05 bits per heavy atom. The second-order valence-corrected chi connectivity index (χ2v) is 6.34. The van der Waals surface area contributed by atoms with Crippen LogP contribution in [0.2, 0.25) is 0 Å². The fourth-order valence-corrected chi connectivity index (χ4v) is 3.09. The maximum atomic E-state index is 13.6. The monoisotopic (exact) mass is 293 g/mol. The summed E-state index contributed by atoms with van der Waals surface area (Å²) in [5.41, 5.74) is 0.661. The average molecular weight is 293 g/mol. The lowest BCUT2D eigenvalue weighted by molar-refractivity contribution is -0.885. The van der Waals surface area contributed by atoms with Gasteiger partial charge in [0, 0.05) is 11.6 Å². The standard InChI is InChI=1S/C17H25FN2O/c1-13-7-3-6-10-16(13)19-17(21)12-20(2)11-14-8-4-5-9-15(14)18/h4-5,8-9,13,16H,3,6-7,10-12H2,1-2H3,(H,19,21)/p+1/t13-,16-/m0/s1. The van der Waals surface area contributed by atoms with E-state index in [4.69, 9.17) is 0 Å². The quantitative estimate of drug-likeness (QED) is 0.848. The van der Waals surface area contributed by atoms with Crippen molar-refractivity contribution in [2.24, 2.45) is 5.92 Å². The zero-order chi connectivity index (χ0) is 15.2. The summed E-state index contributed by atoms with van der Waals surface area (Å²) in [6.45, 7) is 3.12. The number of hydrogen-bond acceptors (Lipinski definition) is 1. The lowest BCUT2D eigenvalue weighted by atomic mass is 9.86. The molecule has 0 bridgehead atoms. The van der Waals surface area contributed by atoms with Gasteiger partial charge in [-0.25, -0.2) is 4.39 Å². The number of likely N-dealkylation sites (N-methyl/N-ethyl adjacent to an activating group) is 1. The first kappa shape index (κ1) is 16.0.